The number of rotatable bonds is 5. The highest BCUT2D eigenvalue weighted by Gasteiger charge is 2.19. The van der Waals surface area contributed by atoms with E-state index in [2.05, 4.69) is 4.72 Å². The summed E-state index contributed by atoms with van der Waals surface area (Å²) in [6.07, 6.45) is 4.33. The van der Waals surface area contributed by atoms with Crippen LogP contribution < -0.4 is 9.46 Å². The van der Waals surface area contributed by atoms with Crippen molar-refractivity contribution in [3.8, 4) is 5.75 Å². The van der Waals surface area contributed by atoms with E-state index in [1.54, 1.807) is 36.4 Å². The quantitative estimate of drug-likeness (QED) is 0.850. The van der Waals surface area contributed by atoms with E-state index in [-0.39, 0.29) is 10.8 Å². The zero-order valence-corrected chi connectivity index (χ0v) is 16.2. The van der Waals surface area contributed by atoms with E-state index in [0.29, 0.717) is 17.0 Å². The molecule has 1 aliphatic rings. The summed E-state index contributed by atoms with van der Waals surface area (Å²) < 4.78 is 32.8. The maximum Gasteiger partial charge on any atom is 0.261 e. The molecule has 1 aliphatic heterocycles. The number of carbonyl (C=O) groups is 1. The van der Waals surface area contributed by atoms with E-state index in [9.17, 15) is 13.2 Å². The van der Waals surface area contributed by atoms with Crippen LogP contribution >= 0.6 is 0 Å². The van der Waals surface area contributed by atoms with Crippen molar-refractivity contribution >= 4 is 21.6 Å². The van der Waals surface area contributed by atoms with Gasteiger partial charge < -0.3 is 9.64 Å². The van der Waals surface area contributed by atoms with Gasteiger partial charge in [-0.2, -0.15) is 0 Å². The molecular weight excluding hydrogens is 364 g/mol. The number of nitrogens with zero attached hydrogens (tertiary/aromatic N) is 1. The molecule has 1 saturated heterocycles. The topological polar surface area (TPSA) is 75.7 Å². The molecule has 3 rings (SSSR count). The van der Waals surface area contributed by atoms with E-state index < -0.39 is 10.0 Å². The van der Waals surface area contributed by atoms with Gasteiger partial charge in [0.2, 0.25) is 0 Å². The third kappa shape index (κ3) is 4.80. The average molecular weight is 388 g/mol. The van der Waals surface area contributed by atoms with Crippen LogP contribution in [-0.4, -0.2) is 39.4 Å². The lowest BCUT2D eigenvalue weighted by Gasteiger charge is -2.20. The number of hydrogen-bond donors (Lipinski definition) is 1. The van der Waals surface area contributed by atoms with Crippen molar-refractivity contribution < 1.29 is 17.9 Å². The highest BCUT2D eigenvalue weighted by Crippen LogP contribution is 2.21. The van der Waals surface area contributed by atoms with E-state index in [4.69, 9.17) is 4.74 Å². The van der Waals surface area contributed by atoms with Crippen molar-refractivity contribution in [2.24, 2.45) is 0 Å². The minimum absolute atomic E-state index is 0.0402. The summed E-state index contributed by atoms with van der Waals surface area (Å²) in [6.45, 7) is 1.52. The van der Waals surface area contributed by atoms with Crippen LogP contribution in [0.3, 0.4) is 0 Å². The second-order valence-corrected chi connectivity index (χ2v) is 8.25. The Balaban J connectivity index is 1.74. The first-order valence-electron chi connectivity index (χ1n) is 9.06. The van der Waals surface area contributed by atoms with Crippen LogP contribution in [0.2, 0.25) is 0 Å². The summed E-state index contributed by atoms with van der Waals surface area (Å²) in [6, 6.07) is 12.8. The van der Waals surface area contributed by atoms with Gasteiger partial charge in [0.05, 0.1) is 17.7 Å². The normalized spacial score (nSPS) is 15.1. The molecule has 0 aromatic heterocycles. The van der Waals surface area contributed by atoms with E-state index in [0.717, 1.165) is 38.8 Å². The molecular formula is C20H24N2O4S. The lowest BCUT2D eigenvalue weighted by atomic mass is 10.2. The molecule has 1 fully saturated rings. The largest absolute Gasteiger partial charge is 0.497 e. The van der Waals surface area contributed by atoms with Gasteiger partial charge in [0, 0.05) is 24.7 Å². The number of benzene rings is 2. The van der Waals surface area contributed by atoms with Crippen molar-refractivity contribution in [1.82, 2.24) is 4.90 Å². The lowest BCUT2D eigenvalue weighted by Crippen LogP contribution is -2.31. The second-order valence-electron chi connectivity index (χ2n) is 6.57. The number of ether oxygens (including phenoxy) is 1. The average Bonchev–Trinajstić information content (AvgIpc) is 2.97. The van der Waals surface area contributed by atoms with Crippen LogP contribution in [0.25, 0.3) is 0 Å². The summed E-state index contributed by atoms with van der Waals surface area (Å²) in [7, 11) is -2.22. The second kappa shape index (κ2) is 8.43. The van der Waals surface area contributed by atoms with Crippen LogP contribution in [0, 0.1) is 0 Å². The van der Waals surface area contributed by atoms with Gasteiger partial charge >= 0.3 is 0 Å². The van der Waals surface area contributed by atoms with Gasteiger partial charge in [-0.3, -0.25) is 9.52 Å². The Morgan fingerprint density at radius 2 is 1.67 bits per heavy atom. The van der Waals surface area contributed by atoms with Gasteiger partial charge in [-0.1, -0.05) is 18.9 Å². The molecule has 6 nitrogen and oxygen atoms in total. The molecule has 1 amide bonds. The smallest absolute Gasteiger partial charge is 0.261 e. The highest BCUT2D eigenvalue weighted by molar-refractivity contribution is 7.92. The summed E-state index contributed by atoms with van der Waals surface area (Å²) in [5.74, 6) is 0.523. The minimum Gasteiger partial charge on any atom is -0.497 e. The van der Waals surface area contributed by atoms with Gasteiger partial charge in [0.1, 0.15) is 5.75 Å². The molecule has 7 heteroatoms. The monoisotopic (exact) mass is 388 g/mol. The van der Waals surface area contributed by atoms with Crippen LogP contribution in [0.4, 0.5) is 5.69 Å². The highest BCUT2D eigenvalue weighted by atomic mass is 32.2. The molecule has 144 valence electrons. The van der Waals surface area contributed by atoms with Crippen LogP contribution in [0.15, 0.2) is 53.4 Å². The molecule has 0 radical (unpaired) electrons. The minimum atomic E-state index is -3.74. The standard InChI is InChI=1S/C20H24N2O4S/c1-26-18-8-6-7-17(15-18)21-27(24,25)19-11-9-16(10-12-19)20(23)22-13-4-2-3-5-14-22/h6-12,15,21H,2-5,13-14H2,1H3. The predicted octanol–water partition coefficient (Wildman–Crippen LogP) is 3.51. The number of hydrogen-bond acceptors (Lipinski definition) is 4. The Bertz CT molecular complexity index is 886. The number of amides is 1. The lowest BCUT2D eigenvalue weighted by molar-refractivity contribution is 0.0761. The van der Waals surface area contributed by atoms with Crippen molar-refractivity contribution in [2.75, 3.05) is 24.9 Å². The zero-order chi connectivity index (χ0) is 19.3. The summed E-state index contributed by atoms with van der Waals surface area (Å²) in [5, 5.41) is 0. The van der Waals surface area contributed by atoms with Gasteiger partial charge in [0.25, 0.3) is 15.9 Å². The SMILES string of the molecule is COc1cccc(NS(=O)(=O)c2ccc(C(=O)N3CCCCCC3)cc2)c1. The fourth-order valence-electron chi connectivity index (χ4n) is 3.13. The van der Waals surface area contributed by atoms with Crippen molar-refractivity contribution in [3.05, 3.63) is 54.1 Å². The third-order valence-corrected chi connectivity index (χ3v) is 6.02. The Hall–Kier alpha value is -2.54. The van der Waals surface area contributed by atoms with Crippen molar-refractivity contribution in [1.29, 1.82) is 0 Å². The first kappa shape index (κ1) is 19.2. The molecule has 2 aromatic rings. The third-order valence-electron chi connectivity index (χ3n) is 4.63. The van der Waals surface area contributed by atoms with Gasteiger partial charge in [-0.15, -0.1) is 0 Å². The Morgan fingerprint density at radius 3 is 2.30 bits per heavy atom. The Morgan fingerprint density at radius 1 is 1.00 bits per heavy atom. The maximum absolute atomic E-state index is 12.6. The summed E-state index contributed by atoms with van der Waals surface area (Å²) in [5.41, 5.74) is 0.927. The van der Waals surface area contributed by atoms with E-state index in [1.165, 1.54) is 19.2 Å². The number of anilines is 1. The molecule has 0 aliphatic carbocycles. The number of nitrogens with one attached hydrogen (secondary N) is 1. The van der Waals surface area contributed by atoms with E-state index in [1.807, 2.05) is 4.90 Å². The number of carbonyl (C=O) groups excluding carboxylic acids is 1. The Labute approximate surface area is 160 Å². The molecule has 0 spiro atoms. The van der Waals surface area contributed by atoms with Crippen LogP contribution in [0.5, 0.6) is 5.75 Å². The van der Waals surface area contributed by atoms with Crippen LogP contribution in [0.1, 0.15) is 36.0 Å². The summed E-state index contributed by atoms with van der Waals surface area (Å²) >= 11 is 0. The molecule has 0 atom stereocenters. The number of methoxy groups -OCH3 is 1. The van der Waals surface area contributed by atoms with Gasteiger partial charge in [-0.25, -0.2) is 8.42 Å². The zero-order valence-electron chi connectivity index (χ0n) is 15.3. The number of likely N-dealkylation sites (tertiary alicyclic amines) is 1. The molecule has 2 aromatic carbocycles. The van der Waals surface area contributed by atoms with Crippen LogP contribution in [-0.2, 0) is 10.0 Å². The molecule has 0 saturated carbocycles. The first-order chi connectivity index (χ1) is 13.0. The number of sulfonamides is 1. The van der Waals surface area contributed by atoms with Crippen molar-refractivity contribution in [3.63, 3.8) is 0 Å². The fourth-order valence-corrected chi connectivity index (χ4v) is 4.18. The molecule has 27 heavy (non-hydrogen) atoms. The van der Waals surface area contributed by atoms with Crippen molar-refractivity contribution in [2.45, 2.75) is 30.6 Å². The Kier molecular flexibility index (Phi) is 6.01. The summed E-state index contributed by atoms with van der Waals surface area (Å²) in [4.78, 5) is 14.6. The first-order valence-corrected chi connectivity index (χ1v) is 10.5. The molecule has 1 heterocycles. The predicted molar refractivity (Wildman–Crippen MR) is 105 cm³/mol. The van der Waals surface area contributed by atoms with E-state index >= 15 is 0 Å². The molecule has 0 unspecified atom stereocenters. The van der Waals surface area contributed by atoms with Gasteiger partial charge in [-0.05, 0) is 49.2 Å². The maximum atomic E-state index is 12.6. The molecule has 0 bridgehead atoms. The van der Waals surface area contributed by atoms with Gasteiger partial charge in [0.15, 0.2) is 0 Å². The molecule has 1 N–H and O–H groups in total. The fraction of sp³-hybridized carbons (Fsp3) is 0.350.